The molecule has 2 aromatic heterocycles. The molecule has 0 atom stereocenters. The summed E-state index contributed by atoms with van der Waals surface area (Å²) in [5.74, 6) is -0.428. The third-order valence-electron chi connectivity index (χ3n) is 2.46. The van der Waals surface area contributed by atoms with Crippen molar-refractivity contribution in [3.63, 3.8) is 0 Å². The zero-order chi connectivity index (χ0) is 17.2. The molecule has 0 fully saturated rings. The quantitative estimate of drug-likeness (QED) is 0.779. The normalized spacial score (nSPS) is 11.1. The first-order valence-corrected chi connectivity index (χ1v) is 8.98. The van der Waals surface area contributed by atoms with E-state index in [0.717, 1.165) is 11.3 Å². The Labute approximate surface area is 146 Å². The number of esters is 1. The molecule has 124 valence electrons. The summed E-state index contributed by atoms with van der Waals surface area (Å²) < 4.78 is 37.1. The number of methoxy groups -OCH3 is 1. The third kappa shape index (κ3) is 4.25. The molecule has 0 bridgehead atoms. The average Bonchev–Trinajstić information content (AvgIpc) is 2.79. The lowest BCUT2D eigenvalue weighted by Gasteiger charge is -2.11. The molecule has 0 aliphatic carbocycles. The minimum atomic E-state index is -4.00. The molecule has 0 amide bonds. The van der Waals surface area contributed by atoms with Crippen LogP contribution in [0.3, 0.4) is 0 Å². The highest BCUT2D eigenvalue weighted by Gasteiger charge is 2.23. The van der Waals surface area contributed by atoms with E-state index in [4.69, 9.17) is 32.7 Å². The summed E-state index contributed by atoms with van der Waals surface area (Å²) >= 11 is 12.5. The lowest BCUT2D eigenvalue weighted by atomic mass is 10.4. The predicted molar refractivity (Wildman–Crippen MR) is 87.2 cm³/mol. The van der Waals surface area contributed by atoms with Gasteiger partial charge in [0.25, 0.3) is 10.0 Å². The molecule has 7 nitrogen and oxygen atoms in total. The zero-order valence-electron chi connectivity index (χ0n) is 11.8. The van der Waals surface area contributed by atoms with E-state index in [1.165, 1.54) is 32.4 Å². The second-order valence-electron chi connectivity index (χ2n) is 4.11. The molecule has 0 saturated heterocycles. The molecule has 11 heteroatoms. The van der Waals surface area contributed by atoms with E-state index in [9.17, 15) is 13.2 Å². The maximum absolute atomic E-state index is 12.3. The molecule has 23 heavy (non-hydrogen) atoms. The van der Waals surface area contributed by atoms with E-state index in [1.807, 2.05) is 0 Å². The largest absolute Gasteiger partial charge is 0.493 e. The van der Waals surface area contributed by atoms with Gasteiger partial charge in [-0.2, -0.15) is 0 Å². The molecule has 2 aromatic rings. The fraction of sp³-hybridized carbons (Fsp3) is 0.167. The number of aromatic nitrogens is 1. The van der Waals surface area contributed by atoms with Gasteiger partial charge in [-0.15, -0.1) is 11.3 Å². The number of carbonyl (C=O) groups excluding carboxylic acids is 1. The van der Waals surface area contributed by atoms with Gasteiger partial charge >= 0.3 is 5.97 Å². The zero-order valence-corrected chi connectivity index (χ0v) is 14.9. The number of nitrogens with zero attached hydrogens (tertiary/aromatic N) is 1. The summed E-state index contributed by atoms with van der Waals surface area (Å²) in [4.78, 5) is 14.6. The minimum absolute atomic E-state index is 0.0259. The number of sulfonamides is 1. The Kier molecular flexibility index (Phi) is 5.35. The number of pyridine rings is 1. The molecule has 2 rings (SSSR count). The van der Waals surface area contributed by atoms with E-state index < -0.39 is 16.0 Å². The maximum atomic E-state index is 12.3. The molecule has 0 spiro atoms. The van der Waals surface area contributed by atoms with Gasteiger partial charge < -0.3 is 9.47 Å². The summed E-state index contributed by atoms with van der Waals surface area (Å²) in [6.45, 7) is 1.23. The van der Waals surface area contributed by atoms with Crippen LogP contribution >= 0.6 is 34.5 Å². The van der Waals surface area contributed by atoms with E-state index in [0.29, 0.717) is 0 Å². The van der Waals surface area contributed by atoms with E-state index in [1.54, 1.807) is 0 Å². The van der Waals surface area contributed by atoms with Gasteiger partial charge in [-0.05, 0) is 6.07 Å². The summed E-state index contributed by atoms with van der Waals surface area (Å²) in [5, 5.41) is 0. The fourth-order valence-corrected chi connectivity index (χ4v) is 4.74. The van der Waals surface area contributed by atoms with Gasteiger partial charge in [-0.25, -0.2) is 13.4 Å². The molecular weight excluding hydrogens is 387 g/mol. The molecular formula is C12H10Cl2N2O5S2. The summed E-state index contributed by atoms with van der Waals surface area (Å²) in [7, 11) is -2.68. The van der Waals surface area contributed by atoms with Crippen LogP contribution in [0.2, 0.25) is 8.67 Å². The van der Waals surface area contributed by atoms with Gasteiger partial charge in [0, 0.05) is 13.0 Å². The second-order valence-corrected chi connectivity index (χ2v) is 8.05. The van der Waals surface area contributed by atoms with Crippen molar-refractivity contribution in [2.45, 2.75) is 11.8 Å². The standard InChI is InChI=1S/C12H10Cl2N2O5S2/c1-6(17)21-7-3-8(20-2)12(15-5-7)16-23(18,19)9-4-10(13)22-11(9)14/h3-5H,1-2H3,(H,15,16). The first kappa shape index (κ1) is 17.8. The van der Waals surface area contributed by atoms with Crippen LogP contribution in [-0.2, 0) is 14.8 Å². The van der Waals surface area contributed by atoms with E-state index in [2.05, 4.69) is 9.71 Å². The molecule has 0 radical (unpaired) electrons. The Balaban J connectivity index is 2.35. The lowest BCUT2D eigenvalue weighted by Crippen LogP contribution is -2.14. The van der Waals surface area contributed by atoms with E-state index in [-0.39, 0.29) is 30.9 Å². The molecule has 2 heterocycles. The van der Waals surface area contributed by atoms with Crippen molar-refractivity contribution in [3.8, 4) is 11.5 Å². The van der Waals surface area contributed by atoms with Crippen molar-refractivity contribution in [2.75, 3.05) is 11.8 Å². The minimum Gasteiger partial charge on any atom is -0.493 e. The van der Waals surface area contributed by atoms with Crippen molar-refractivity contribution < 1.29 is 22.7 Å². The summed E-state index contributed by atoms with van der Waals surface area (Å²) in [6, 6.07) is 2.56. The number of ether oxygens (including phenoxy) is 2. The molecule has 0 aliphatic heterocycles. The number of carbonyl (C=O) groups is 1. The SMILES string of the molecule is COc1cc(OC(C)=O)cnc1NS(=O)(=O)c1cc(Cl)sc1Cl. The number of halogens is 2. The Morgan fingerprint density at radius 3 is 2.57 bits per heavy atom. The maximum Gasteiger partial charge on any atom is 0.308 e. The number of nitrogens with one attached hydrogen (secondary N) is 1. The van der Waals surface area contributed by atoms with Crippen LogP contribution in [0, 0.1) is 0 Å². The highest BCUT2D eigenvalue weighted by atomic mass is 35.5. The van der Waals surface area contributed by atoms with Crippen LogP contribution in [0.25, 0.3) is 0 Å². The fourth-order valence-electron chi connectivity index (χ4n) is 1.57. The topological polar surface area (TPSA) is 94.6 Å². The number of thiophene rings is 1. The number of hydrogen-bond donors (Lipinski definition) is 1. The van der Waals surface area contributed by atoms with Gasteiger partial charge in [-0.1, -0.05) is 23.2 Å². The van der Waals surface area contributed by atoms with Crippen LogP contribution in [0.1, 0.15) is 6.92 Å². The molecule has 0 aromatic carbocycles. The molecule has 0 saturated carbocycles. The summed E-state index contributed by atoms with van der Waals surface area (Å²) in [6.07, 6.45) is 1.18. The number of anilines is 1. The van der Waals surface area contributed by atoms with Crippen molar-refractivity contribution in [1.29, 1.82) is 0 Å². The van der Waals surface area contributed by atoms with Crippen LogP contribution in [-0.4, -0.2) is 26.5 Å². The number of hydrogen-bond acceptors (Lipinski definition) is 7. The van der Waals surface area contributed by atoms with Gasteiger partial charge in [0.05, 0.1) is 17.6 Å². The van der Waals surface area contributed by atoms with Gasteiger partial charge in [0.15, 0.2) is 17.3 Å². The van der Waals surface area contributed by atoms with Crippen LogP contribution in [0.5, 0.6) is 11.5 Å². The highest BCUT2D eigenvalue weighted by molar-refractivity contribution is 7.93. The Morgan fingerprint density at radius 2 is 2.04 bits per heavy atom. The van der Waals surface area contributed by atoms with Crippen molar-refractivity contribution >= 4 is 56.3 Å². The van der Waals surface area contributed by atoms with Gasteiger partial charge in [0.1, 0.15) is 9.23 Å². The van der Waals surface area contributed by atoms with Crippen LogP contribution < -0.4 is 14.2 Å². The Bertz CT molecular complexity index is 851. The first-order valence-electron chi connectivity index (χ1n) is 5.93. The van der Waals surface area contributed by atoms with Crippen molar-refractivity contribution in [1.82, 2.24) is 4.98 Å². The van der Waals surface area contributed by atoms with Crippen molar-refractivity contribution in [2.24, 2.45) is 0 Å². The van der Waals surface area contributed by atoms with E-state index >= 15 is 0 Å². The predicted octanol–water partition coefficient (Wildman–Crippen LogP) is 3.18. The van der Waals surface area contributed by atoms with Crippen LogP contribution in [0.15, 0.2) is 23.2 Å². The smallest absolute Gasteiger partial charge is 0.308 e. The second kappa shape index (κ2) is 6.91. The molecule has 0 unspecified atom stereocenters. The van der Waals surface area contributed by atoms with Crippen molar-refractivity contribution in [3.05, 3.63) is 27.0 Å². The van der Waals surface area contributed by atoms with Crippen LogP contribution in [0.4, 0.5) is 5.82 Å². The number of rotatable bonds is 5. The molecule has 1 N–H and O–H groups in total. The van der Waals surface area contributed by atoms with Gasteiger partial charge in [0.2, 0.25) is 0 Å². The third-order valence-corrected chi connectivity index (χ3v) is 5.55. The first-order chi connectivity index (χ1) is 10.7. The highest BCUT2D eigenvalue weighted by Crippen LogP contribution is 2.36. The Hall–Kier alpha value is -1.55. The lowest BCUT2D eigenvalue weighted by molar-refractivity contribution is -0.131. The monoisotopic (exact) mass is 396 g/mol. The van der Waals surface area contributed by atoms with Gasteiger partial charge in [-0.3, -0.25) is 9.52 Å². The average molecular weight is 397 g/mol. The molecule has 0 aliphatic rings. The summed E-state index contributed by atoms with van der Waals surface area (Å²) in [5.41, 5.74) is 0. The Morgan fingerprint density at radius 1 is 1.35 bits per heavy atom.